The number of nitrogens with one attached hydrogen (secondary N) is 1. The molecule has 21 heavy (non-hydrogen) atoms. The Labute approximate surface area is 123 Å². The van der Waals surface area contributed by atoms with Crippen LogP contribution in [-0.2, 0) is 9.59 Å². The average molecular weight is 298 g/mol. The summed E-state index contributed by atoms with van der Waals surface area (Å²) in [4.78, 5) is 24.5. The summed E-state index contributed by atoms with van der Waals surface area (Å²) in [6.45, 7) is 6.89. The van der Waals surface area contributed by atoms with Crippen LogP contribution >= 0.6 is 0 Å². The lowest BCUT2D eigenvalue weighted by Gasteiger charge is -2.23. The van der Waals surface area contributed by atoms with E-state index in [4.69, 9.17) is 0 Å². The van der Waals surface area contributed by atoms with Gasteiger partial charge >= 0.3 is 0 Å². The number of anilines is 1. The molecule has 0 fully saturated rings. The van der Waals surface area contributed by atoms with Crippen molar-refractivity contribution in [3.63, 3.8) is 0 Å². The molecule has 0 heterocycles. The second-order valence-electron chi connectivity index (χ2n) is 5.77. The first-order valence-electron chi connectivity index (χ1n) is 6.64. The number of carbonyl (C=O) groups is 2. The number of halogens is 2. The predicted molar refractivity (Wildman–Crippen MR) is 76.8 cm³/mol. The van der Waals surface area contributed by atoms with Crippen molar-refractivity contribution in [1.82, 2.24) is 5.32 Å². The smallest absolute Gasteiger partial charge is 0.225 e. The molecule has 1 aromatic rings. The topological polar surface area (TPSA) is 49.4 Å². The Bertz CT molecular complexity index is 539. The zero-order valence-electron chi connectivity index (χ0n) is 12.7. The summed E-state index contributed by atoms with van der Waals surface area (Å²) >= 11 is 0. The van der Waals surface area contributed by atoms with E-state index in [1.807, 2.05) is 0 Å². The van der Waals surface area contributed by atoms with E-state index >= 15 is 0 Å². The summed E-state index contributed by atoms with van der Waals surface area (Å²) in [6.07, 6.45) is 0. The van der Waals surface area contributed by atoms with Gasteiger partial charge in [-0.15, -0.1) is 0 Å². The summed E-state index contributed by atoms with van der Waals surface area (Å²) in [5.74, 6) is -2.07. The van der Waals surface area contributed by atoms with Gasteiger partial charge in [-0.25, -0.2) is 8.78 Å². The van der Waals surface area contributed by atoms with Crippen LogP contribution in [0.25, 0.3) is 0 Å². The summed E-state index contributed by atoms with van der Waals surface area (Å²) in [6, 6.07) is 3.01. The predicted octanol–water partition coefficient (Wildman–Crippen LogP) is 2.48. The van der Waals surface area contributed by atoms with Crippen molar-refractivity contribution in [3.05, 3.63) is 29.8 Å². The number of amides is 2. The van der Waals surface area contributed by atoms with Gasteiger partial charge in [0, 0.05) is 31.5 Å². The molecule has 6 heteroatoms. The number of benzene rings is 1. The van der Waals surface area contributed by atoms with Crippen molar-refractivity contribution in [2.75, 3.05) is 18.0 Å². The monoisotopic (exact) mass is 298 g/mol. The molecule has 116 valence electrons. The molecule has 0 aliphatic carbocycles. The average Bonchev–Trinajstić information content (AvgIpc) is 2.34. The Balaban J connectivity index is 2.76. The van der Waals surface area contributed by atoms with E-state index in [2.05, 4.69) is 5.32 Å². The molecule has 0 unspecified atom stereocenters. The Morgan fingerprint density at radius 3 is 2.33 bits per heavy atom. The zero-order chi connectivity index (χ0) is 16.2. The lowest BCUT2D eigenvalue weighted by Crippen LogP contribution is -2.41. The van der Waals surface area contributed by atoms with Crippen LogP contribution in [0.15, 0.2) is 18.2 Å². The van der Waals surface area contributed by atoms with Crippen molar-refractivity contribution >= 4 is 17.5 Å². The molecule has 1 N–H and O–H groups in total. The van der Waals surface area contributed by atoms with E-state index < -0.39 is 17.0 Å². The molecule has 0 spiro atoms. The third kappa shape index (κ3) is 4.81. The van der Waals surface area contributed by atoms with Crippen LogP contribution in [0.2, 0.25) is 0 Å². The fourth-order valence-corrected chi connectivity index (χ4v) is 1.69. The fraction of sp³-hybridized carbons (Fsp3) is 0.467. The molecule has 0 atom stereocenters. The molecule has 1 aromatic carbocycles. The number of rotatable bonds is 4. The highest BCUT2D eigenvalue weighted by molar-refractivity contribution is 5.91. The van der Waals surface area contributed by atoms with E-state index in [0.717, 1.165) is 17.0 Å². The van der Waals surface area contributed by atoms with Crippen LogP contribution in [0.1, 0.15) is 27.7 Å². The maximum atomic E-state index is 13.7. The van der Waals surface area contributed by atoms with Crippen LogP contribution in [-0.4, -0.2) is 24.9 Å². The molecule has 4 nitrogen and oxygen atoms in total. The van der Waals surface area contributed by atoms with E-state index in [1.165, 1.54) is 13.0 Å². The zero-order valence-corrected chi connectivity index (χ0v) is 12.7. The first kappa shape index (κ1) is 17.1. The molecular formula is C15H20F2N2O2. The van der Waals surface area contributed by atoms with Crippen LogP contribution in [0, 0.1) is 17.0 Å². The van der Waals surface area contributed by atoms with E-state index in [-0.39, 0.29) is 30.6 Å². The fourth-order valence-electron chi connectivity index (χ4n) is 1.69. The van der Waals surface area contributed by atoms with E-state index in [9.17, 15) is 18.4 Å². The molecule has 0 saturated carbocycles. The highest BCUT2D eigenvalue weighted by Crippen LogP contribution is 2.20. The van der Waals surface area contributed by atoms with Crippen molar-refractivity contribution in [1.29, 1.82) is 0 Å². The van der Waals surface area contributed by atoms with Crippen molar-refractivity contribution in [2.45, 2.75) is 27.7 Å². The minimum Gasteiger partial charge on any atom is -0.354 e. The van der Waals surface area contributed by atoms with Gasteiger partial charge in [0.2, 0.25) is 11.8 Å². The summed E-state index contributed by atoms with van der Waals surface area (Å²) in [5, 5.41) is 2.68. The van der Waals surface area contributed by atoms with E-state index in [0.29, 0.717) is 0 Å². The Morgan fingerprint density at radius 2 is 1.86 bits per heavy atom. The van der Waals surface area contributed by atoms with Gasteiger partial charge in [0.15, 0.2) is 0 Å². The number of carbonyl (C=O) groups excluding carboxylic acids is 2. The van der Waals surface area contributed by atoms with E-state index in [1.54, 1.807) is 20.8 Å². The number of hydrogen-bond acceptors (Lipinski definition) is 2. The quantitative estimate of drug-likeness (QED) is 0.928. The third-order valence-electron chi connectivity index (χ3n) is 2.88. The molecule has 0 aliphatic rings. The Kier molecular flexibility index (Phi) is 5.41. The van der Waals surface area contributed by atoms with Gasteiger partial charge in [-0.2, -0.15) is 0 Å². The highest BCUT2D eigenvalue weighted by Gasteiger charge is 2.21. The van der Waals surface area contributed by atoms with Crippen molar-refractivity contribution in [3.8, 4) is 0 Å². The minimum atomic E-state index is -0.813. The van der Waals surface area contributed by atoms with Gasteiger partial charge in [-0.05, 0) is 12.1 Å². The van der Waals surface area contributed by atoms with Gasteiger partial charge in [0.25, 0.3) is 0 Å². The first-order chi connectivity index (χ1) is 9.62. The second kappa shape index (κ2) is 6.65. The van der Waals surface area contributed by atoms with Crippen LogP contribution in [0.5, 0.6) is 0 Å². The maximum Gasteiger partial charge on any atom is 0.225 e. The molecule has 1 rings (SSSR count). The molecule has 0 aliphatic heterocycles. The first-order valence-corrected chi connectivity index (χ1v) is 6.64. The molecule has 0 saturated heterocycles. The molecule has 2 amide bonds. The van der Waals surface area contributed by atoms with Gasteiger partial charge in [-0.3, -0.25) is 9.59 Å². The normalized spacial score (nSPS) is 11.1. The SMILES string of the molecule is CC(=O)N(CCNC(=O)C(C)(C)C)c1ccc(F)cc1F. The summed E-state index contributed by atoms with van der Waals surface area (Å²) in [5.41, 5.74) is -0.545. The summed E-state index contributed by atoms with van der Waals surface area (Å²) in [7, 11) is 0. The van der Waals surface area contributed by atoms with Crippen LogP contribution in [0.3, 0.4) is 0 Å². The Morgan fingerprint density at radius 1 is 1.24 bits per heavy atom. The van der Waals surface area contributed by atoms with Crippen molar-refractivity contribution in [2.24, 2.45) is 5.41 Å². The van der Waals surface area contributed by atoms with Crippen molar-refractivity contribution < 1.29 is 18.4 Å². The second-order valence-corrected chi connectivity index (χ2v) is 5.77. The lowest BCUT2D eigenvalue weighted by molar-refractivity contribution is -0.128. The number of hydrogen-bond donors (Lipinski definition) is 1. The van der Waals surface area contributed by atoms with Crippen LogP contribution in [0.4, 0.5) is 14.5 Å². The Hall–Kier alpha value is -1.98. The largest absolute Gasteiger partial charge is 0.354 e. The summed E-state index contributed by atoms with van der Waals surface area (Å²) < 4.78 is 26.6. The molecule has 0 bridgehead atoms. The van der Waals surface area contributed by atoms with Gasteiger partial charge in [0.1, 0.15) is 11.6 Å². The van der Waals surface area contributed by atoms with Gasteiger partial charge in [0.05, 0.1) is 5.69 Å². The van der Waals surface area contributed by atoms with Gasteiger partial charge < -0.3 is 10.2 Å². The standard InChI is InChI=1S/C15H20F2N2O2/c1-10(20)19(8-7-18-14(21)15(2,3)4)13-6-5-11(16)9-12(13)17/h5-6,9H,7-8H2,1-4H3,(H,18,21). The lowest BCUT2D eigenvalue weighted by atomic mass is 9.96. The molecular weight excluding hydrogens is 278 g/mol. The van der Waals surface area contributed by atoms with Crippen LogP contribution < -0.4 is 10.2 Å². The van der Waals surface area contributed by atoms with Gasteiger partial charge in [-0.1, -0.05) is 20.8 Å². The highest BCUT2D eigenvalue weighted by atomic mass is 19.1. The number of nitrogens with zero attached hydrogens (tertiary/aromatic N) is 1. The molecule has 0 aromatic heterocycles. The minimum absolute atomic E-state index is 0.00564. The maximum absolute atomic E-state index is 13.7. The third-order valence-corrected chi connectivity index (χ3v) is 2.88. The molecule has 0 radical (unpaired) electrons.